The highest BCUT2D eigenvalue weighted by Gasteiger charge is 2.38. The highest BCUT2D eigenvalue weighted by atomic mass is 127. The van der Waals surface area contributed by atoms with Gasteiger partial charge in [0.25, 0.3) is 0 Å². The Bertz CT molecular complexity index is 417. The van der Waals surface area contributed by atoms with Gasteiger partial charge in [-0.2, -0.15) is 0 Å². The number of guanidine groups is 1. The quantitative estimate of drug-likeness (QED) is 0.217. The third-order valence-corrected chi connectivity index (χ3v) is 4.33. The first kappa shape index (κ1) is 21.4. The molecule has 2 aliphatic rings. The summed E-state index contributed by atoms with van der Waals surface area (Å²) in [6.07, 6.45) is 3.81. The summed E-state index contributed by atoms with van der Waals surface area (Å²) < 4.78 is 4.91. The second-order valence-electron chi connectivity index (χ2n) is 6.39. The van der Waals surface area contributed by atoms with E-state index in [-0.39, 0.29) is 36.4 Å². The lowest BCUT2D eigenvalue weighted by molar-refractivity contribution is -0.119. The van der Waals surface area contributed by atoms with E-state index in [0.29, 0.717) is 25.2 Å². The monoisotopic (exact) mass is 453 g/mol. The van der Waals surface area contributed by atoms with Crippen LogP contribution < -0.4 is 16.0 Å². The molecule has 0 bridgehead atoms. The van der Waals surface area contributed by atoms with E-state index in [1.165, 1.54) is 12.8 Å². The van der Waals surface area contributed by atoms with Gasteiger partial charge < -0.3 is 20.7 Å². The van der Waals surface area contributed by atoms with E-state index >= 15 is 0 Å². The predicted octanol–water partition coefficient (Wildman–Crippen LogP) is 0.547. The summed E-state index contributed by atoms with van der Waals surface area (Å²) in [5, 5.41) is 9.47. The van der Waals surface area contributed by atoms with E-state index < -0.39 is 0 Å². The van der Waals surface area contributed by atoms with E-state index in [2.05, 4.69) is 32.8 Å². The second kappa shape index (κ2) is 11.1. The lowest BCUT2D eigenvalue weighted by atomic mass is 10.2. The number of carbonyl (C=O) groups is 1. The number of amides is 1. The molecule has 2 atom stereocenters. The second-order valence-corrected chi connectivity index (χ2v) is 6.39. The molecule has 1 aliphatic carbocycles. The van der Waals surface area contributed by atoms with Gasteiger partial charge in [0.05, 0.1) is 6.61 Å². The number of methoxy groups -OCH3 is 1. The van der Waals surface area contributed by atoms with Crippen molar-refractivity contribution < 1.29 is 9.53 Å². The summed E-state index contributed by atoms with van der Waals surface area (Å²) in [5.74, 6) is 0.642. The van der Waals surface area contributed by atoms with Gasteiger partial charge >= 0.3 is 0 Å². The minimum absolute atomic E-state index is 0. The minimum Gasteiger partial charge on any atom is -0.383 e. The molecular formula is C16H32IN5O2. The maximum atomic E-state index is 11.7. The number of nitrogens with zero attached hydrogens (tertiary/aromatic N) is 2. The van der Waals surface area contributed by atoms with E-state index in [1.807, 2.05) is 6.92 Å². The van der Waals surface area contributed by atoms with E-state index in [0.717, 1.165) is 31.5 Å². The third kappa shape index (κ3) is 7.10. The van der Waals surface area contributed by atoms with Crippen molar-refractivity contribution in [1.82, 2.24) is 20.9 Å². The van der Waals surface area contributed by atoms with Crippen LogP contribution in [0, 0.1) is 0 Å². The zero-order chi connectivity index (χ0) is 16.7. The van der Waals surface area contributed by atoms with Crippen LogP contribution in [0.15, 0.2) is 4.99 Å². The molecule has 1 saturated carbocycles. The van der Waals surface area contributed by atoms with Gasteiger partial charge in [0.1, 0.15) is 6.54 Å². The molecule has 24 heavy (non-hydrogen) atoms. The SMILES string of the molecule is CCNC(=NCC(=O)NCCOC)NC1CC(C)N(C2CC2)C1.I. The van der Waals surface area contributed by atoms with Crippen molar-refractivity contribution in [2.75, 3.05) is 39.9 Å². The first-order chi connectivity index (χ1) is 11.1. The fraction of sp³-hybridized carbons (Fsp3) is 0.875. The first-order valence-electron chi connectivity index (χ1n) is 8.70. The van der Waals surface area contributed by atoms with Crippen LogP contribution in [0.25, 0.3) is 0 Å². The van der Waals surface area contributed by atoms with Gasteiger partial charge in [-0.15, -0.1) is 24.0 Å². The molecule has 0 aromatic heterocycles. The maximum Gasteiger partial charge on any atom is 0.241 e. The number of aliphatic imine (C=N–C) groups is 1. The van der Waals surface area contributed by atoms with Crippen LogP contribution in [0.1, 0.15) is 33.1 Å². The maximum absolute atomic E-state index is 11.7. The van der Waals surface area contributed by atoms with Crippen LogP contribution in [-0.4, -0.2) is 74.8 Å². The van der Waals surface area contributed by atoms with Crippen LogP contribution in [0.4, 0.5) is 0 Å². The standard InChI is InChI=1S/C16H31N5O2.HI/c1-4-17-16(19-10-15(22)18-7-8-23-3)20-13-9-12(2)21(11-13)14-5-6-14;/h12-14H,4-11H2,1-3H3,(H,18,22)(H2,17,19,20);1H. The van der Waals surface area contributed by atoms with Crippen molar-refractivity contribution in [3.63, 3.8) is 0 Å². The molecule has 0 aromatic carbocycles. The van der Waals surface area contributed by atoms with Gasteiger partial charge in [-0.1, -0.05) is 0 Å². The van der Waals surface area contributed by atoms with Crippen molar-refractivity contribution in [3.8, 4) is 0 Å². The molecule has 2 fully saturated rings. The highest BCUT2D eigenvalue weighted by molar-refractivity contribution is 14.0. The summed E-state index contributed by atoms with van der Waals surface area (Å²) >= 11 is 0. The van der Waals surface area contributed by atoms with Crippen molar-refractivity contribution >= 4 is 35.8 Å². The van der Waals surface area contributed by atoms with Crippen molar-refractivity contribution in [3.05, 3.63) is 0 Å². The highest BCUT2D eigenvalue weighted by Crippen LogP contribution is 2.33. The molecule has 0 aromatic rings. The predicted molar refractivity (Wildman–Crippen MR) is 107 cm³/mol. The molecule has 2 rings (SSSR count). The molecule has 0 spiro atoms. The number of rotatable bonds is 8. The van der Waals surface area contributed by atoms with Crippen molar-refractivity contribution in [2.24, 2.45) is 4.99 Å². The van der Waals surface area contributed by atoms with Crippen LogP contribution >= 0.6 is 24.0 Å². The van der Waals surface area contributed by atoms with Crippen molar-refractivity contribution in [1.29, 1.82) is 0 Å². The van der Waals surface area contributed by atoms with Gasteiger partial charge in [0, 0.05) is 44.9 Å². The van der Waals surface area contributed by atoms with E-state index in [1.54, 1.807) is 7.11 Å². The zero-order valence-electron chi connectivity index (χ0n) is 15.0. The van der Waals surface area contributed by atoms with Crippen molar-refractivity contribution in [2.45, 2.75) is 51.2 Å². The van der Waals surface area contributed by atoms with Gasteiger partial charge in [-0.05, 0) is 33.1 Å². The molecule has 140 valence electrons. The molecule has 2 unspecified atom stereocenters. The normalized spacial score (nSPS) is 24.4. The Balaban J connectivity index is 0.00000288. The number of nitrogens with one attached hydrogen (secondary N) is 3. The van der Waals surface area contributed by atoms with Gasteiger partial charge in [-0.25, -0.2) is 4.99 Å². The Morgan fingerprint density at radius 2 is 2.08 bits per heavy atom. The van der Waals surface area contributed by atoms with E-state index in [9.17, 15) is 4.79 Å². The smallest absolute Gasteiger partial charge is 0.241 e. The zero-order valence-corrected chi connectivity index (χ0v) is 17.3. The average molecular weight is 453 g/mol. The Kier molecular flexibility index (Phi) is 9.91. The molecule has 1 aliphatic heterocycles. The Morgan fingerprint density at radius 1 is 1.33 bits per heavy atom. The molecule has 8 heteroatoms. The third-order valence-electron chi connectivity index (χ3n) is 4.33. The summed E-state index contributed by atoms with van der Waals surface area (Å²) in [4.78, 5) is 18.7. The summed E-state index contributed by atoms with van der Waals surface area (Å²) in [6, 6.07) is 1.82. The van der Waals surface area contributed by atoms with E-state index in [4.69, 9.17) is 4.74 Å². The summed E-state index contributed by atoms with van der Waals surface area (Å²) in [6.45, 7) is 7.35. The lowest BCUT2D eigenvalue weighted by Crippen LogP contribution is -2.45. The molecule has 1 saturated heterocycles. The fourth-order valence-corrected chi connectivity index (χ4v) is 3.09. The van der Waals surface area contributed by atoms with Gasteiger partial charge in [0.2, 0.25) is 5.91 Å². The Labute approximate surface area is 162 Å². The number of ether oxygens (including phenoxy) is 1. The minimum atomic E-state index is -0.0846. The largest absolute Gasteiger partial charge is 0.383 e. The Hall–Kier alpha value is -0.610. The number of hydrogen-bond acceptors (Lipinski definition) is 4. The van der Waals surface area contributed by atoms with Crippen LogP contribution in [-0.2, 0) is 9.53 Å². The molecule has 1 amide bonds. The summed E-state index contributed by atoms with van der Waals surface area (Å²) in [5.41, 5.74) is 0. The molecule has 1 heterocycles. The number of likely N-dealkylation sites (tertiary alicyclic amines) is 1. The molecular weight excluding hydrogens is 421 g/mol. The number of hydrogen-bond donors (Lipinski definition) is 3. The summed E-state index contributed by atoms with van der Waals surface area (Å²) in [7, 11) is 1.62. The average Bonchev–Trinajstić information content (AvgIpc) is 3.29. The van der Waals surface area contributed by atoms with Gasteiger partial charge in [0.15, 0.2) is 5.96 Å². The number of carbonyl (C=O) groups excluding carboxylic acids is 1. The first-order valence-corrected chi connectivity index (χ1v) is 8.70. The fourth-order valence-electron chi connectivity index (χ4n) is 3.09. The Morgan fingerprint density at radius 3 is 2.71 bits per heavy atom. The molecule has 0 radical (unpaired) electrons. The number of halogens is 1. The lowest BCUT2D eigenvalue weighted by Gasteiger charge is -2.20. The van der Waals surface area contributed by atoms with Gasteiger partial charge in [-0.3, -0.25) is 9.69 Å². The molecule has 7 nitrogen and oxygen atoms in total. The van der Waals surface area contributed by atoms with Crippen LogP contribution in [0.5, 0.6) is 0 Å². The van der Waals surface area contributed by atoms with Crippen LogP contribution in [0.3, 0.4) is 0 Å². The molecule has 3 N–H and O–H groups in total. The van der Waals surface area contributed by atoms with Crippen LogP contribution in [0.2, 0.25) is 0 Å². The topological polar surface area (TPSA) is 78.0 Å².